The number of hydrogen-bond acceptors (Lipinski definition) is 5. The summed E-state index contributed by atoms with van der Waals surface area (Å²) in [5.41, 5.74) is 3.19. The molecule has 1 fully saturated rings. The van der Waals surface area contributed by atoms with Gasteiger partial charge < -0.3 is 10.1 Å². The van der Waals surface area contributed by atoms with Crippen LogP contribution in [0.4, 0.5) is 16.2 Å². The average molecular weight is 427 g/mol. The molecule has 0 aromatic heterocycles. The van der Waals surface area contributed by atoms with E-state index in [1.54, 1.807) is 29.2 Å². The van der Waals surface area contributed by atoms with Gasteiger partial charge >= 0.3 is 6.09 Å². The van der Waals surface area contributed by atoms with Gasteiger partial charge in [-0.2, -0.15) is 5.26 Å². The van der Waals surface area contributed by atoms with Crippen LogP contribution in [0.1, 0.15) is 24.0 Å². The second-order valence-corrected chi connectivity index (χ2v) is 7.30. The molecular weight excluding hydrogens is 404 g/mol. The summed E-state index contributed by atoms with van der Waals surface area (Å²) in [5.74, 6) is -0.0871. The fourth-order valence-electron chi connectivity index (χ4n) is 3.89. The van der Waals surface area contributed by atoms with Gasteiger partial charge in [0.1, 0.15) is 6.61 Å². The molecule has 0 bridgehead atoms. The minimum atomic E-state index is -0.291. The maximum Gasteiger partial charge on any atom is 0.414 e. The number of fused-ring (bicyclic) bond motifs is 1. The molecule has 2 heterocycles. The number of piperidine rings is 1. The monoisotopic (exact) mass is 426 g/mol. The second kappa shape index (κ2) is 9.61. The van der Waals surface area contributed by atoms with Crippen LogP contribution < -0.4 is 10.2 Å². The van der Waals surface area contributed by atoms with E-state index in [0.717, 1.165) is 37.2 Å². The molecular formula is C22H23ClN4O3. The lowest BCUT2D eigenvalue weighted by atomic mass is 10.0. The van der Waals surface area contributed by atoms with Crippen molar-refractivity contribution in [1.82, 2.24) is 4.90 Å². The summed E-state index contributed by atoms with van der Waals surface area (Å²) in [6.45, 7) is 2.09. The van der Waals surface area contributed by atoms with E-state index in [4.69, 9.17) is 10.00 Å². The maximum absolute atomic E-state index is 12.4. The SMILES string of the molecule is Cl.N#Cc1ccc(NC(=O)CN2CCC(N3C(=O)OCc4ccccc43)CC2)cc1. The molecule has 2 amide bonds. The summed E-state index contributed by atoms with van der Waals surface area (Å²) in [5, 5.41) is 11.7. The van der Waals surface area contributed by atoms with Gasteiger partial charge in [-0.3, -0.25) is 14.6 Å². The molecule has 0 unspecified atom stereocenters. The lowest BCUT2D eigenvalue weighted by Gasteiger charge is -2.40. The maximum atomic E-state index is 12.4. The zero-order valence-corrected chi connectivity index (χ0v) is 17.2. The highest BCUT2D eigenvalue weighted by Crippen LogP contribution is 2.31. The van der Waals surface area contributed by atoms with Crippen molar-refractivity contribution in [3.05, 3.63) is 59.7 Å². The van der Waals surface area contributed by atoms with Crippen LogP contribution in [-0.2, 0) is 16.1 Å². The third-order valence-corrected chi connectivity index (χ3v) is 5.39. The van der Waals surface area contributed by atoms with Crippen molar-refractivity contribution >= 4 is 35.8 Å². The second-order valence-electron chi connectivity index (χ2n) is 7.30. The zero-order valence-electron chi connectivity index (χ0n) is 16.4. The third kappa shape index (κ3) is 4.73. The Morgan fingerprint density at radius 1 is 1.13 bits per heavy atom. The fraction of sp³-hybridized carbons (Fsp3) is 0.318. The van der Waals surface area contributed by atoms with Gasteiger partial charge in [0.15, 0.2) is 0 Å². The number of ether oxygens (including phenoxy) is 1. The topological polar surface area (TPSA) is 85.7 Å². The number of benzene rings is 2. The first-order chi connectivity index (χ1) is 14.1. The molecule has 7 nitrogen and oxygen atoms in total. The van der Waals surface area contributed by atoms with E-state index in [1.165, 1.54) is 0 Å². The van der Waals surface area contributed by atoms with Crippen molar-refractivity contribution < 1.29 is 14.3 Å². The van der Waals surface area contributed by atoms with Crippen molar-refractivity contribution in [2.45, 2.75) is 25.5 Å². The molecule has 0 atom stereocenters. The van der Waals surface area contributed by atoms with Gasteiger partial charge in [-0.25, -0.2) is 4.79 Å². The van der Waals surface area contributed by atoms with E-state index >= 15 is 0 Å². The number of hydrogen-bond donors (Lipinski definition) is 1. The smallest absolute Gasteiger partial charge is 0.414 e. The summed E-state index contributed by atoms with van der Waals surface area (Å²) >= 11 is 0. The number of para-hydroxylation sites is 1. The number of halogens is 1. The molecule has 30 heavy (non-hydrogen) atoms. The number of likely N-dealkylation sites (tertiary alicyclic amines) is 1. The Kier molecular flexibility index (Phi) is 6.93. The van der Waals surface area contributed by atoms with Crippen molar-refractivity contribution in [3.8, 4) is 6.07 Å². The van der Waals surface area contributed by atoms with Gasteiger partial charge in [0, 0.05) is 30.4 Å². The van der Waals surface area contributed by atoms with E-state index in [0.29, 0.717) is 24.4 Å². The van der Waals surface area contributed by atoms with E-state index in [2.05, 4.69) is 16.3 Å². The molecule has 4 rings (SSSR count). The number of nitriles is 1. The van der Waals surface area contributed by atoms with E-state index in [1.807, 2.05) is 24.3 Å². The van der Waals surface area contributed by atoms with Crippen LogP contribution in [0, 0.1) is 11.3 Å². The minimum Gasteiger partial charge on any atom is -0.444 e. The quantitative estimate of drug-likeness (QED) is 0.808. The lowest BCUT2D eigenvalue weighted by molar-refractivity contribution is -0.117. The van der Waals surface area contributed by atoms with Crippen molar-refractivity contribution in [1.29, 1.82) is 5.26 Å². The number of anilines is 2. The number of rotatable bonds is 4. The van der Waals surface area contributed by atoms with Gasteiger partial charge in [0.2, 0.25) is 5.91 Å². The van der Waals surface area contributed by atoms with E-state index in [-0.39, 0.29) is 30.4 Å². The average Bonchev–Trinajstić information content (AvgIpc) is 2.75. The summed E-state index contributed by atoms with van der Waals surface area (Å²) in [4.78, 5) is 28.6. The van der Waals surface area contributed by atoms with Crippen LogP contribution in [0.5, 0.6) is 0 Å². The van der Waals surface area contributed by atoms with Crippen molar-refractivity contribution in [3.63, 3.8) is 0 Å². The molecule has 8 heteroatoms. The van der Waals surface area contributed by atoms with Gasteiger partial charge in [0.25, 0.3) is 0 Å². The van der Waals surface area contributed by atoms with Crippen molar-refractivity contribution in [2.24, 2.45) is 0 Å². The highest BCUT2D eigenvalue weighted by molar-refractivity contribution is 5.92. The summed E-state index contributed by atoms with van der Waals surface area (Å²) < 4.78 is 5.33. The van der Waals surface area contributed by atoms with Crippen LogP contribution in [0.2, 0.25) is 0 Å². The Labute approximate surface area is 181 Å². The summed E-state index contributed by atoms with van der Waals surface area (Å²) in [6.07, 6.45) is 1.28. The van der Waals surface area contributed by atoms with Gasteiger partial charge in [0.05, 0.1) is 23.9 Å². The van der Waals surface area contributed by atoms with Crippen molar-refractivity contribution in [2.75, 3.05) is 29.9 Å². The molecule has 1 N–H and O–H groups in total. The predicted octanol–water partition coefficient (Wildman–Crippen LogP) is 3.54. The van der Waals surface area contributed by atoms with Crippen LogP contribution in [0.25, 0.3) is 0 Å². The molecule has 0 aliphatic carbocycles. The van der Waals surface area contributed by atoms with E-state index < -0.39 is 0 Å². The highest BCUT2D eigenvalue weighted by atomic mass is 35.5. The predicted molar refractivity (Wildman–Crippen MR) is 116 cm³/mol. The number of cyclic esters (lactones) is 1. The first kappa shape index (κ1) is 21.6. The molecule has 2 aliphatic rings. The highest BCUT2D eigenvalue weighted by Gasteiger charge is 2.34. The number of carbonyl (C=O) groups is 2. The Hall–Kier alpha value is -3.08. The molecule has 1 saturated heterocycles. The van der Waals surface area contributed by atoms with Gasteiger partial charge in [-0.05, 0) is 43.2 Å². The standard InChI is InChI=1S/C22H22N4O3.ClH/c23-13-16-5-7-18(8-6-16)24-21(27)14-25-11-9-19(10-12-25)26-20-4-2-1-3-17(20)15-29-22(26)28;/h1-8,19H,9-12,14-15H2,(H,24,27);1H. The Morgan fingerprint density at radius 2 is 1.83 bits per heavy atom. The van der Waals surface area contributed by atoms with Gasteiger partial charge in [-0.1, -0.05) is 18.2 Å². The molecule has 156 valence electrons. The summed E-state index contributed by atoms with van der Waals surface area (Å²) in [6, 6.07) is 16.8. The minimum absolute atomic E-state index is 0. The molecule has 0 saturated carbocycles. The number of nitrogens with one attached hydrogen (secondary N) is 1. The largest absolute Gasteiger partial charge is 0.444 e. The molecule has 2 aliphatic heterocycles. The Morgan fingerprint density at radius 3 is 2.53 bits per heavy atom. The molecule has 2 aromatic carbocycles. The first-order valence-electron chi connectivity index (χ1n) is 9.70. The lowest BCUT2D eigenvalue weighted by Crippen LogP contribution is -2.50. The number of amides is 2. The molecule has 0 radical (unpaired) electrons. The normalized spacial score (nSPS) is 16.6. The van der Waals surface area contributed by atoms with Crippen LogP contribution in [0.3, 0.4) is 0 Å². The Balaban J connectivity index is 0.00000256. The Bertz CT molecular complexity index is 950. The third-order valence-electron chi connectivity index (χ3n) is 5.39. The zero-order chi connectivity index (χ0) is 20.2. The number of carbonyl (C=O) groups excluding carboxylic acids is 2. The first-order valence-corrected chi connectivity index (χ1v) is 9.70. The molecule has 0 spiro atoms. The van der Waals surface area contributed by atoms with Crippen LogP contribution >= 0.6 is 12.4 Å². The molecule has 2 aromatic rings. The van der Waals surface area contributed by atoms with E-state index in [9.17, 15) is 9.59 Å². The number of nitrogens with zero attached hydrogens (tertiary/aromatic N) is 3. The van der Waals surface area contributed by atoms with Gasteiger partial charge in [-0.15, -0.1) is 12.4 Å². The summed E-state index contributed by atoms with van der Waals surface area (Å²) in [7, 11) is 0. The van der Waals surface area contributed by atoms with Crippen LogP contribution in [-0.4, -0.2) is 42.6 Å². The van der Waals surface area contributed by atoms with Crippen LogP contribution in [0.15, 0.2) is 48.5 Å². The fourth-order valence-corrected chi connectivity index (χ4v) is 3.89.